The van der Waals surface area contributed by atoms with Gasteiger partial charge in [0.25, 0.3) is 0 Å². The topological polar surface area (TPSA) is 0 Å². The van der Waals surface area contributed by atoms with E-state index in [1.807, 2.05) is 0 Å². The minimum absolute atomic E-state index is 0. The average molecular weight is 218 g/mol. The number of hydrogen-bond acceptors (Lipinski definition) is 1. The summed E-state index contributed by atoms with van der Waals surface area (Å²) < 4.78 is 35.1. The summed E-state index contributed by atoms with van der Waals surface area (Å²) in [6.07, 6.45) is -0.524. The Balaban J connectivity index is 0.00000121. The van der Waals surface area contributed by atoms with Crippen LogP contribution in [0.15, 0.2) is 16.8 Å². The first-order chi connectivity index (χ1) is 5.08. The van der Waals surface area contributed by atoms with E-state index in [1.165, 1.54) is 11.3 Å². The first-order valence-electron chi connectivity index (χ1n) is 3.30. The number of aryl methyl sites for hydroxylation is 1. The molecule has 6 heteroatoms. The van der Waals surface area contributed by atoms with Gasteiger partial charge < -0.3 is 12.9 Å². The Kier molecular flexibility index (Phi) is 6.40. The van der Waals surface area contributed by atoms with E-state index in [-0.39, 0.29) is 57.8 Å². The fourth-order valence-corrected chi connectivity index (χ4v) is 1.47. The van der Waals surface area contributed by atoms with Gasteiger partial charge in [-0.3, -0.25) is 0 Å². The van der Waals surface area contributed by atoms with Crippen molar-refractivity contribution in [3.8, 4) is 0 Å². The van der Waals surface area contributed by atoms with Crippen LogP contribution in [0.5, 0.6) is 0 Å². The van der Waals surface area contributed by atoms with Gasteiger partial charge in [0.15, 0.2) is 0 Å². The second-order valence-electron chi connectivity index (χ2n) is 2.38. The third-order valence-electron chi connectivity index (χ3n) is 1.34. The average Bonchev–Trinajstić information content (AvgIpc) is 2.32. The molecule has 0 aliphatic rings. The van der Waals surface area contributed by atoms with Gasteiger partial charge in [-0.1, -0.05) is 12.7 Å². The van der Waals surface area contributed by atoms with E-state index < -0.39 is 13.3 Å². The van der Waals surface area contributed by atoms with E-state index in [9.17, 15) is 12.9 Å². The van der Waals surface area contributed by atoms with E-state index in [4.69, 9.17) is 0 Å². The standard InChI is InChI=1S/C6H7BF3S.K/c8-7(9,10)3-1-6-2-4-11-5-6;/h2,4-5H,1,3H2;/q-1;+1. The van der Waals surface area contributed by atoms with Crippen molar-refractivity contribution in [1.29, 1.82) is 0 Å². The molecule has 1 rings (SSSR count). The molecule has 0 spiro atoms. The summed E-state index contributed by atoms with van der Waals surface area (Å²) in [7, 11) is 0. The molecule has 0 nitrogen and oxygen atoms in total. The third kappa shape index (κ3) is 5.77. The van der Waals surface area contributed by atoms with Gasteiger partial charge in [-0.05, 0) is 22.4 Å². The van der Waals surface area contributed by atoms with Crippen molar-refractivity contribution in [3.05, 3.63) is 22.4 Å². The predicted molar refractivity (Wildman–Crippen MR) is 41.9 cm³/mol. The van der Waals surface area contributed by atoms with Crippen LogP contribution >= 0.6 is 11.3 Å². The van der Waals surface area contributed by atoms with Crippen molar-refractivity contribution in [2.24, 2.45) is 0 Å². The normalized spacial score (nSPS) is 10.9. The van der Waals surface area contributed by atoms with E-state index in [0.29, 0.717) is 0 Å². The van der Waals surface area contributed by atoms with Gasteiger partial charge in [0.05, 0.1) is 0 Å². The second-order valence-corrected chi connectivity index (χ2v) is 3.16. The smallest absolute Gasteiger partial charge is 0.449 e. The van der Waals surface area contributed by atoms with Crippen LogP contribution in [0.1, 0.15) is 5.56 Å². The van der Waals surface area contributed by atoms with Crippen molar-refractivity contribution in [1.82, 2.24) is 0 Å². The van der Waals surface area contributed by atoms with Gasteiger partial charge in [0.2, 0.25) is 0 Å². The van der Waals surface area contributed by atoms with Gasteiger partial charge in [0.1, 0.15) is 0 Å². The van der Waals surface area contributed by atoms with Crippen LogP contribution in [-0.2, 0) is 6.42 Å². The fraction of sp³-hybridized carbons (Fsp3) is 0.333. The Morgan fingerprint density at radius 2 is 2.00 bits per heavy atom. The molecule has 0 aliphatic carbocycles. The van der Waals surface area contributed by atoms with Crippen molar-refractivity contribution < 1.29 is 64.3 Å². The molecule has 0 bridgehead atoms. The summed E-state index contributed by atoms with van der Waals surface area (Å²) in [4.78, 5) is 0. The maximum absolute atomic E-state index is 11.7. The third-order valence-corrected chi connectivity index (χ3v) is 2.07. The van der Waals surface area contributed by atoms with Crippen LogP contribution in [-0.4, -0.2) is 6.98 Å². The Bertz CT molecular complexity index is 209. The summed E-state index contributed by atoms with van der Waals surface area (Å²) >= 11 is 1.43. The zero-order valence-electron chi connectivity index (χ0n) is 6.77. The molecule has 0 saturated heterocycles. The van der Waals surface area contributed by atoms with Gasteiger partial charge in [-0.15, -0.1) is 0 Å². The molecule has 62 valence electrons. The zero-order chi connectivity index (χ0) is 8.32. The van der Waals surface area contributed by atoms with Gasteiger partial charge >= 0.3 is 58.4 Å². The molecule has 0 fully saturated rings. The maximum atomic E-state index is 11.7. The van der Waals surface area contributed by atoms with Gasteiger partial charge in [-0.25, -0.2) is 0 Å². The molecule has 0 radical (unpaired) electrons. The van der Waals surface area contributed by atoms with Crippen LogP contribution in [0.3, 0.4) is 0 Å². The fourth-order valence-electron chi connectivity index (χ4n) is 0.765. The van der Waals surface area contributed by atoms with E-state index in [1.54, 1.807) is 16.8 Å². The van der Waals surface area contributed by atoms with Crippen molar-refractivity contribution in [3.63, 3.8) is 0 Å². The molecule has 0 aromatic carbocycles. The van der Waals surface area contributed by atoms with Crippen LogP contribution in [0, 0.1) is 0 Å². The Labute approximate surface area is 116 Å². The van der Waals surface area contributed by atoms with Crippen molar-refractivity contribution >= 4 is 18.3 Å². The second kappa shape index (κ2) is 5.82. The van der Waals surface area contributed by atoms with Crippen LogP contribution < -0.4 is 51.4 Å². The van der Waals surface area contributed by atoms with E-state index in [0.717, 1.165) is 5.56 Å². The number of thiophene rings is 1. The number of hydrogen-bond donors (Lipinski definition) is 0. The van der Waals surface area contributed by atoms with Gasteiger partial charge in [0, 0.05) is 0 Å². The summed E-state index contributed by atoms with van der Waals surface area (Å²) in [6, 6.07) is 1.73. The minimum atomic E-state index is -4.60. The molecule has 0 unspecified atom stereocenters. The number of halogens is 3. The van der Waals surface area contributed by atoms with Crippen LogP contribution in [0.25, 0.3) is 0 Å². The summed E-state index contributed by atoms with van der Waals surface area (Å²) in [5, 5.41) is 3.54. The molecule has 1 aromatic rings. The van der Waals surface area contributed by atoms with Crippen molar-refractivity contribution in [2.45, 2.75) is 12.7 Å². The molecule has 0 saturated carbocycles. The maximum Gasteiger partial charge on any atom is 1.00 e. The SMILES string of the molecule is F[B-](F)(F)CCc1ccsc1.[K+]. The molecular weight excluding hydrogens is 211 g/mol. The number of rotatable bonds is 3. The Morgan fingerprint density at radius 1 is 1.33 bits per heavy atom. The molecule has 0 N–H and O–H groups in total. The first kappa shape index (κ1) is 13.2. The predicted octanol–water partition coefficient (Wildman–Crippen LogP) is 0.142. The first-order valence-corrected chi connectivity index (χ1v) is 4.24. The molecule has 1 aromatic heterocycles. The largest absolute Gasteiger partial charge is 1.00 e. The minimum Gasteiger partial charge on any atom is -0.449 e. The summed E-state index contributed by atoms with van der Waals surface area (Å²) in [5.74, 6) is 0. The summed E-state index contributed by atoms with van der Waals surface area (Å²) in [5.41, 5.74) is 0.786. The van der Waals surface area contributed by atoms with Gasteiger partial charge in [-0.2, -0.15) is 11.3 Å². The van der Waals surface area contributed by atoms with E-state index >= 15 is 0 Å². The molecular formula is C6H7BF3KS. The monoisotopic (exact) mass is 218 g/mol. The molecule has 0 aliphatic heterocycles. The Hall–Kier alpha value is 1.19. The molecule has 0 amide bonds. The van der Waals surface area contributed by atoms with Crippen molar-refractivity contribution in [2.75, 3.05) is 0 Å². The van der Waals surface area contributed by atoms with Crippen LogP contribution in [0.4, 0.5) is 12.9 Å². The van der Waals surface area contributed by atoms with E-state index in [2.05, 4.69) is 0 Å². The Morgan fingerprint density at radius 3 is 2.42 bits per heavy atom. The zero-order valence-corrected chi connectivity index (χ0v) is 10.7. The quantitative estimate of drug-likeness (QED) is 0.633. The molecule has 1 heterocycles. The molecule has 12 heavy (non-hydrogen) atoms. The summed E-state index contributed by atoms with van der Waals surface area (Å²) in [6.45, 7) is -4.60. The van der Waals surface area contributed by atoms with Crippen LogP contribution in [0.2, 0.25) is 6.32 Å². The molecule has 0 atom stereocenters.